The lowest BCUT2D eigenvalue weighted by Gasteiger charge is -2.42. The van der Waals surface area contributed by atoms with Crippen molar-refractivity contribution in [1.29, 1.82) is 0 Å². The van der Waals surface area contributed by atoms with Crippen LogP contribution < -0.4 is 0 Å². The molecule has 1 atom stereocenters. The number of nitrogens with zero attached hydrogens (tertiary/aromatic N) is 3. The van der Waals surface area contributed by atoms with Crippen LogP contribution in [0.3, 0.4) is 0 Å². The van der Waals surface area contributed by atoms with Gasteiger partial charge in [0.25, 0.3) is 5.91 Å². The molecule has 1 unspecified atom stereocenters. The van der Waals surface area contributed by atoms with Crippen molar-refractivity contribution in [2.45, 2.75) is 19.8 Å². The van der Waals surface area contributed by atoms with Crippen molar-refractivity contribution in [2.24, 2.45) is 11.3 Å². The van der Waals surface area contributed by atoms with Gasteiger partial charge in [0.1, 0.15) is 5.76 Å². The van der Waals surface area contributed by atoms with E-state index in [9.17, 15) is 4.79 Å². The van der Waals surface area contributed by atoms with Gasteiger partial charge in [0, 0.05) is 58.9 Å². The number of likely N-dealkylation sites (tertiary alicyclic amines) is 2. The maximum atomic E-state index is 12.6. The molecule has 7 heteroatoms. The second-order valence-corrected chi connectivity index (χ2v) is 7.36. The Bertz CT molecular complexity index is 581. The molecule has 2 fully saturated rings. The van der Waals surface area contributed by atoms with Crippen molar-refractivity contribution >= 4 is 5.91 Å². The number of piperidine rings is 1. The molecular formula is C18H29N3O4. The molecule has 0 aliphatic carbocycles. The molecule has 0 radical (unpaired) electrons. The van der Waals surface area contributed by atoms with E-state index in [1.54, 1.807) is 27.2 Å². The summed E-state index contributed by atoms with van der Waals surface area (Å²) in [6, 6.07) is 1.71. The average molecular weight is 351 g/mol. The van der Waals surface area contributed by atoms with Gasteiger partial charge >= 0.3 is 0 Å². The average Bonchev–Trinajstić information content (AvgIpc) is 3.18. The number of carbonyl (C=O) groups is 1. The van der Waals surface area contributed by atoms with Crippen molar-refractivity contribution in [2.75, 3.05) is 60.2 Å². The van der Waals surface area contributed by atoms with E-state index >= 15 is 0 Å². The first-order valence-electron chi connectivity index (χ1n) is 9.01. The largest absolute Gasteiger partial charge is 0.384 e. The summed E-state index contributed by atoms with van der Waals surface area (Å²) in [4.78, 5) is 17.0. The maximum absolute atomic E-state index is 12.6. The van der Waals surface area contributed by atoms with Crippen molar-refractivity contribution in [3.63, 3.8) is 0 Å². The summed E-state index contributed by atoms with van der Waals surface area (Å²) in [5.74, 6) is 1.16. The van der Waals surface area contributed by atoms with Crippen molar-refractivity contribution in [3.8, 4) is 0 Å². The van der Waals surface area contributed by atoms with Gasteiger partial charge in [0.2, 0.25) is 0 Å². The first kappa shape index (κ1) is 18.4. The van der Waals surface area contributed by atoms with Crippen molar-refractivity contribution < 1.29 is 18.8 Å². The fraction of sp³-hybridized carbons (Fsp3) is 0.778. The number of hydrogen-bond acceptors (Lipinski definition) is 6. The van der Waals surface area contributed by atoms with E-state index < -0.39 is 0 Å². The Morgan fingerprint density at radius 1 is 1.36 bits per heavy atom. The highest BCUT2D eigenvalue weighted by atomic mass is 16.5. The maximum Gasteiger partial charge on any atom is 0.276 e. The zero-order valence-corrected chi connectivity index (χ0v) is 15.5. The molecule has 0 bridgehead atoms. The number of aryl methyl sites for hydroxylation is 1. The molecule has 2 aliphatic rings. The van der Waals surface area contributed by atoms with Gasteiger partial charge in [-0.1, -0.05) is 5.16 Å². The molecule has 2 saturated heterocycles. The third-order valence-corrected chi connectivity index (χ3v) is 5.76. The SMILES string of the molecule is COCCN1CC(COC)C2(CCN(C(=O)c3cc(C)on3)CC2)C1. The van der Waals surface area contributed by atoms with Crippen LogP contribution in [0.15, 0.2) is 10.6 Å². The Morgan fingerprint density at radius 3 is 2.72 bits per heavy atom. The summed E-state index contributed by atoms with van der Waals surface area (Å²) in [6.45, 7) is 7.94. The van der Waals surface area contributed by atoms with E-state index in [0.29, 0.717) is 17.4 Å². The van der Waals surface area contributed by atoms with Crippen LogP contribution in [0.5, 0.6) is 0 Å². The highest BCUT2D eigenvalue weighted by molar-refractivity contribution is 5.92. The summed E-state index contributed by atoms with van der Waals surface area (Å²) >= 11 is 0. The summed E-state index contributed by atoms with van der Waals surface area (Å²) in [7, 11) is 3.52. The molecule has 1 spiro atoms. The van der Waals surface area contributed by atoms with Crippen LogP contribution in [-0.2, 0) is 9.47 Å². The molecule has 2 aliphatic heterocycles. The topological polar surface area (TPSA) is 68.0 Å². The van der Waals surface area contributed by atoms with Crippen LogP contribution >= 0.6 is 0 Å². The van der Waals surface area contributed by atoms with E-state index in [1.807, 2.05) is 4.90 Å². The number of carbonyl (C=O) groups excluding carboxylic acids is 1. The summed E-state index contributed by atoms with van der Waals surface area (Å²) in [5.41, 5.74) is 0.648. The molecule has 140 valence electrons. The Balaban J connectivity index is 1.63. The van der Waals surface area contributed by atoms with Crippen LogP contribution in [0.2, 0.25) is 0 Å². The lowest BCUT2D eigenvalue weighted by molar-refractivity contribution is 0.0316. The lowest BCUT2D eigenvalue weighted by atomic mass is 9.71. The zero-order chi connectivity index (χ0) is 17.9. The van der Waals surface area contributed by atoms with E-state index in [2.05, 4.69) is 10.1 Å². The Hall–Kier alpha value is -1.44. The van der Waals surface area contributed by atoms with Crippen LogP contribution in [0, 0.1) is 18.3 Å². The minimum atomic E-state index is -0.0239. The number of ether oxygens (including phenoxy) is 2. The molecule has 7 nitrogen and oxygen atoms in total. The molecule has 0 N–H and O–H groups in total. The molecule has 1 amide bonds. The predicted octanol–water partition coefficient (Wildman–Crippen LogP) is 1.43. The van der Waals surface area contributed by atoms with Crippen LogP contribution in [0.1, 0.15) is 29.1 Å². The van der Waals surface area contributed by atoms with Crippen LogP contribution in [0.25, 0.3) is 0 Å². The van der Waals surface area contributed by atoms with Gasteiger partial charge in [-0.2, -0.15) is 0 Å². The van der Waals surface area contributed by atoms with Gasteiger partial charge in [-0.25, -0.2) is 0 Å². The fourth-order valence-corrected chi connectivity index (χ4v) is 4.32. The van der Waals surface area contributed by atoms with E-state index in [1.165, 1.54) is 0 Å². The standard InChI is InChI=1S/C18H29N3O4/c1-14-10-16(19-25-14)17(22)21-6-4-18(5-7-21)13-20(8-9-23-2)11-15(18)12-24-3/h10,15H,4-9,11-13H2,1-3H3. The molecule has 0 aromatic carbocycles. The minimum absolute atomic E-state index is 0.0239. The molecule has 1 aromatic heterocycles. The quantitative estimate of drug-likeness (QED) is 0.772. The van der Waals surface area contributed by atoms with Crippen LogP contribution in [0.4, 0.5) is 0 Å². The third-order valence-electron chi connectivity index (χ3n) is 5.76. The number of rotatable bonds is 6. The monoisotopic (exact) mass is 351 g/mol. The normalized spacial score (nSPS) is 23.5. The first-order valence-corrected chi connectivity index (χ1v) is 9.01. The van der Waals surface area contributed by atoms with E-state index in [4.69, 9.17) is 14.0 Å². The van der Waals surface area contributed by atoms with E-state index in [0.717, 1.165) is 58.8 Å². The lowest BCUT2D eigenvalue weighted by Crippen LogP contribution is -2.47. The van der Waals surface area contributed by atoms with Gasteiger partial charge in [-0.15, -0.1) is 0 Å². The number of methoxy groups -OCH3 is 2. The molecule has 0 saturated carbocycles. The van der Waals surface area contributed by atoms with Gasteiger partial charge in [-0.05, 0) is 25.2 Å². The van der Waals surface area contributed by atoms with Crippen LogP contribution in [-0.4, -0.2) is 81.0 Å². The zero-order valence-electron chi connectivity index (χ0n) is 15.5. The van der Waals surface area contributed by atoms with Gasteiger partial charge in [0.05, 0.1) is 13.2 Å². The fourth-order valence-electron chi connectivity index (χ4n) is 4.32. The molecular weight excluding hydrogens is 322 g/mol. The Kier molecular flexibility index (Phi) is 5.76. The van der Waals surface area contributed by atoms with Crippen molar-refractivity contribution in [3.05, 3.63) is 17.5 Å². The molecule has 3 rings (SSSR count). The second kappa shape index (κ2) is 7.85. The molecule has 1 aromatic rings. The minimum Gasteiger partial charge on any atom is -0.384 e. The van der Waals surface area contributed by atoms with E-state index in [-0.39, 0.29) is 11.3 Å². The Morgan fingerprint density at radius 2 is 2.12 bits per heavy atom. The smallest absolute Gasteiger partial charge is 0.276 e. The Labute approximate surface area is 149 Å². The molecule has 25 heavy (non-hydrogen) atoms. The van der Waals surface area contributed by atoms with Crippen molar-refractivity contribution in [1.82, 2.24) is 15.0 Å². The molecule has 3 heterocycles. The number of aromatic nitrogens is 1. The number of hydrogen-bond donors (Lipinski definition) is 0. The summed E-state index contributed by atoms with van der Waals surface area (Å²) < 4.78 is 15.8. The van der Waals surface area contributed by atoms with Gasteiger partial charge < -0.3 is 23.8 Å². The predicted molar refractivity (Wildman–Crippen MR) is 92.5 cm³/mol. The first-order chi connectivity index (χ1) is 12.1. The van der Waals surface area contributed by atoms with Gasteiger partial charge in [-0.3, -0.25) is 4.79 Å². The summed E-state index contributed by atoms with van der Waals surface area (Å²) in [6.07, 6.45) is 2.01. The second-order valence-electron chi connectivity index (χ2n) is 7.36. The number of amides is 1. The highest BCUT2D eigenvalue weighted by Gasteiger charge is 2.48. The third kappa shape index (κ3) is 3.88. The highest BCUT2D eigenvalue weighted by Crippen LogP contribution is 2.44. The van der Waals surface area contributed by atoms with Gasteiger partial charge in [0.15, 0.2) is 5.69 Å². The summed E-state index contributed by atoms with van der Waals surface area (Å²) in [5, 5.41) is 3.86.